The first-order valence-electron chi connectivity index (χ1n) is 5.18. The molecule has 1 saturated carbocycles. The molecule has 1 aromatic carbocycles. The zero-order valence-corrected chi connectivity index (χ0v) is 9.22. The molecule has 76 valence electrons. The van der Waals surface area contributed by atoms with Gasteiger partial charge in [-0.1, -0.05) is 36.6 Å². The van der Waals surface area contributed by atoms with Gasteiger partial charge in [-0.05, 0) is 36.5 Å². The zero-order valence-electron chi connectivity index (χ0n) is 8.46. The third kappa shape index (κ3) is 2.28. The van der Waals surface area contributed by atoms with E-state index in [-0.39, 0.29) is 6.04 Å². The Morgan fingerprint density at radius 3 is 2.79 bits per heavy atom. The van der Waals surface area contributed by atoms with Gasteiger partial charge in [-0.25, -0.2) is 0 Å². The summed E-state index contributed by atoms with van der Waals surface area (Å²) in [5.74, 6) is 0.876. The Hall–Kier alpha value is -0.530. The summed E-state index contributed by atoms with van der Waals surface area (Å²) in [7, 11) is 0. The van der Waals surface area contributed by atoms with Crippen molar-refractivity contribution in [1.29, 1.82) is 0 Å². The van der Waals surface area contributed by atoms with Crippen molar-refractivity contribution in [2.75, 3.05) is 0 Å². The van der Waals surface area contributed by atoms with Gasteiger partial charge in [0.25, 0.3) is 0 Å². The van der Waals surface area contributed by atoms with Gasteiger partial charge in [0.1, 0.15) is 0 Å². The lowest BCUT2D eigenvalue weighted by Gasteiger charge is -2.12. The van der Waals surface area contributed by atoms with E-state index in [2.05, 4.69) is 6.07 Å². The number of hydrogen-bond donors (Lipinski definition) is 1. The van der Waals surface area contributed by atoms with Crippen LogP contribution in [0.15, 0.2) is 18.2 Å². The molecule has 1 aliphatic carbocycles. The van der Waals surface area contributed by atoms with Crippen molar-refractivity contribution in [3.8, 4) is 0 Å². The van der Waals surface area contributed by atoms with Gasteiger partial charge in [0.05, 0.1) is 0 Å². The molecule has 0 heterocycles. The van der Waals surface area contributed by atoms with Crippen molar-refractivity contribution >= 4 is 11.6 Å². The molecule has 2 N–H and O–H groups in total. The van der Waals surface area contributed by atoms with E-state index in [1.165, 1.54) is 18.4 Å². The molecule has 2 rings (SSSR count). The van der Waals surface area contributed by atoms with Crippen LogP contribution in [0, 0.1) is 12.8 Å². The first kappa shape index (κ1) is 10.0. The number of halogens is 1. The van der Waals surface area contributed by atoms with E-state index < -0.39 is 0 Å². The van der Waals surface area contributed by atoms with Crippen LogP contribution in [0.25, 0.3) is 0 Å². The Morgan fingerprint density at radius 2 is 2.21 bits per heavy atom. The van der Waals surface area contributed by atoms with Gasteiger partial charge in [-0.3, -0.25) is 0 Å². The maximum Gasteiger partial charge on any atom is 0.0435 e. The number of hydrogen-bond acceptors (Lipinski definition) is 1. The van der Waals surface area contributed by atoms with Crippen LogP contribution in [0.5, 0.6) is 0 Å². The van der Waals surface area contributed by atoms with Gasteiger partial charge in [-0.15, -0.1) is 0 Å². The summed E-state index contributed by atoms with van der Waals surface area (Å²) in [6.07, 6.45) is 3.85. The highest BCUT2D eigenvalue weighted by atomic mass is 35.5. The smallest absolute Gasteiger partial charge is 0.0435 e. The Bertz CT molecular complexity index is 331. The normalized spacial score (nSPS) is 18.2. The van der Waals surface area contributed by atoms with E-state index in [4.69, 9.17) is 17.3 Å². The van der Waals surface area contributed by atoms with Gasteiger partial charge in [-0.2, -0.15) is 0 Å². The quantitative estimate of drug-likeness (QED) is 0.811. The van der Waals surface area contributed by atoms with Gasteiger partial charge < -0.3 is 5.73 Å². The minimum absolute atomic E-state index is 0.193. The Balaban J connectivity index is 2.10. The summed E-state index contributed by atoms with van der Waals surface area (Å²) in [6.45, 7) is 2.02. The molecule has 1 atom stereocenters. The summed E-state index contributed by atoms with van der Waals surface area (Å²) >= 11 is 5.96. The fourth-order valence-corrected chi connectivity index (χ4v) is 1.86. The molecule has 0 radical (unpaired) electrons. The number of benzene rings is 1. The molecule has 0 aromatic heterocycles. The molecule has 14 heavy (non-hydrogen) atoms. The molecule has 0 aliphatic heterocycles. The first-order valence-corrected chi connectivity index (χ1v) is 5.56. The van der Waals surface area contributed by atoms with E-state index in [9.17, 15) is 0 Å². The molecular formula is C12H16ClN. The summed E-state index contributed by atoms with van der Waals surface area (Å²) in [6, 6.07) is 6.29. The van der Waals surface area contributed by atoms with E-state index >= 15 is 0 Å². The highest BCUT2D eigenvalue weighted by molar-refractivity contribution is 6.31. The summed E-state index contributed by atoms with van der Waals surface area (Å²) in [4.78, 5) is 0. The van der Waals surface area contributed by atoms with Gasteiger partial charge >= 0.3 is 0 Å². The minimum atomic E-state index is 0.193. The maximum absolute atomic E-state index is 6.11. The van der Waals surface area contributed by atoms with Gasteiger partial charge in [0.2, 0.25) is 0 Å². The Labute approximate surface area is 90.3 Å². The summed E-state index contributed by atoms with van der Waals surface area (Å²) in [5, 5.41) is 0.826. The van der Waals surface area contributed by atoms with Crippen molar-refractivity contribution < 1.29 is 0 Å². The van der Waals surface area contributed by atoms with Crippen molar-refractivity contribution in [3.05, 3.63) is 34.3 Å². The summed E-state index contributed by atoms with van der Waals surface area (Å²) < 4.78 is 0. The van der Waals surface area contributed by atoms with E-state index in [1.54, 1.807) is 0 Å². The monoisotopic (exact) mass is 209 g/mol. The average molecular weight is 210 g/mol. The first-order chi connectivity index (χ1) is 6.66. The van der Waals surface area contributed by atoms with Crippen LogP contribution in [0.1, 0.15) is 36.4 Å². The van der Waals surface area contributed by atoms with Crippen molar-refractivity contribution in [2.24, 2.45) is 11.7 Å². The molecule has 2 heteroatoms. The molecule has 0 unspecified atom stereocenters. The molecule has 1 nitrogen and oxygen atoms in total. The van der Waals surface area contributed by atoms with Crippen LogP contribution in [-0.2, 0) is 0 Å². The number of aryl methyl sites for hydroxylation is 1. The highest BCUT2D eigenvalue weighted by Gasteiger charge is 2.24. The van der Waals surface area contributed by atoms with E-state index in [0.29, 0.717) is 0 Å². The van der Waals surface area contributed by atoms with Crippen LogP contribution >= 0.6 is 11.6 Å². The van der Waals surface area contributed by atoms with Crippen LogP contribution in [0.4, 0.5) is 0 Å². The second kappa shape index (κ2) is 3.92. The third-order valence-electron chi connectivity index (χ3n) is 2.89. The van der Waals surface area contributed by atoms with Crippen molar-refractivity contribution in [2.45, 2.75) is 32.2 Å². The molecule has 1 aliphatic rings. The van der Waals surface area contributed by atoms with Crippen LogP contribution in [0.3, 0.4) is 0 Å². The summed E-state index contributed by atoms with van der Waals surface area (Å²) in [5.41, 5.74) is 8.45. The third-order valence-corrected chi connectivity index (χ3v) is 3.32. The van der Waals surface area contributed by atoms with Crippen LogP contribution in [0.2, 0.25) is 5.02 Å². The lowest BCUT2D eigenvalue weighted by molar-refractivity contribution is 0.597. The maximum atomic E-state index is 6.11. The fourth-order valence-electron chi connectivity index (χ4n) is 1.75. The van der Waals surface area contributed by atoms with Gasteiger partial charge in [0, 0.05) is 11.1 Å². The molecule has 1 aromatic rings. The molecule has 1 fully saturated rings. The van der Waals surface area contributed by atoms with Crippen LogP contribution < -0.4 is 5.73 Å². The largest absolute Gasteiger partial charge is 0.324 e. The van der Waals surface area contributed by atoms with E-state index in [1.807, 2.05) is 19.1 Å². The van der Waals surface area contributed by atoms with Crippen molar-refractivity contribution in [3.63, 3.8) is 0 Å². The molecule has 0 bridgehead atoms. The molecule has 0 spiro atoms. The minimum Gasteiger partial charge on any atom is -0.324 e. The predicted molar refractivity (Wildman–Crippen MR) is 60.5 cm³/mol. The lowest BCUT2D eigenvalue weighted by Crippen LogP contribution is -2.11. The molecule has 0 amide bonds. The second-order valence-corrected chi connectivity index (χ2v) is 4.70. The van der Waals surface area contributed by atoms with E-state index in [0.717, 1.165) is 22.9 Å². The predicted octanol–water partition coefficient (Wildman–Crippen LogP) is 3.45. The SMILES string of the molecule is Cc1cc([C@H](N)CC2CC2)ccc1Cl. The highest BCUT2D eigenvalue weighted by Crippen LogP contribution is 2.37. The van der Waals surface area contributed by atoms with Crippen LogP contribution in [-0.4, -0.2) is 0 Å². The topological polar surface area (TPSA) is 26.0 Å². The van der Waals surface area contributed by atoms with Gasteiger partial charge in [0.15, 0.2) is 0 Å². The second-order valence-electron chi connectivity index (χ2n) is 4.29. The fraction of sp³-hybridized carbons (Fsp3) is 0.500. The standard InChI is InChI=1S/C12H16ClN/c1-8-6-10(4-5-11(8)13)12(14)7-9-2-3-9/h4-6,9,12H,2-3,7,14H2,1H3/t12-/m1/s1. The molecular weight excluding hydrogens is 194 g/mol. The number of rotatable bonds is 3. The lowest BCUT2D eigenvalue weighted by atomic mass is 10.0. The average Bonchev–Trinajstić information content (AvgIpc) is 2.93. The Kier molecular flexibility index (Phi) is 2.80. The Morgan fingerprint density at radius 1 is 1.50 bits per heavy atom. The molecule has 0 saturated heterocycles. The zero-order chi connectivity index (χ0) is 10.1. The van der Waals surface area contributed by atoms with Crippen molar-refractivity contribution in [1.82, 2.24) is 0 Å². The number of nitrogens with two attached hydrogens (primary N) is 1.